The van der Waals surface area contributed by atoms with Gasteiger partial charge in [-0.05, 0) is 19.8 Å². The van der Waals surface area contributed by atoms with Crippen molar-refractivity contribution in [3.63, 3.8) is 0 Å². The van der Waals surface area contributed by atoms with Crippen LogP contribution >= 0.6 is 11.3 Å². The molecule has 0 atom stereocenters. The van der Waals surface area contributed by atoms with Crippen LogP contribution in [0.5, 0.6) is 0 Å². The van der Waals surface area contributed by atoms with E-state index >= 15 is 0 Å². The number of rotatable bonds is 6. The molecule has 1 aliphatic carbocycles. The first-order chi connectivity index (χ1) is 9.52. The van der Waals surface area contributed by atoms with Crippen molar-refractivity contribution >= 4 is 28.3 Å². The monoisotopic (exact) mass is 297 g/mol. The van der Waals surface area contributed by atoms with E-state index in [-0.39, 0.29) is 11.8 Å². The second kappa shape index (κ2) is 6.32. The van der Waals surface area contributed by atoms with E-state index in [0.29, 0.717) is 34.9 Å². The molecule has 0 radical (unpaired) electrons. The fourth-order valence-electron chi connectivity index (χ4n) is 1.76. The van der Waals surface area contributed by atoms with Crippen LogP contribution < -0.4 is 10.2 Å². The summed E-state index contributed by atoms with van der Waals surface area (Å²) in [6.07, 6.45) is 2.09. The average Bonchev–Trinajstić information content (AvgIpc) is 3.11. The van der Waals surface area contributed by atoms with Gasteiger partial charge in [0.2, 0.25) is 5.91 Å². The van der Waals surface area contributed by atoms with Gasteiger partial charge in [-0.2, -0.15) is 0 Å². The van der Waals surface area contributed by atoms with Crippen LogP contribution in [0.4, 0.5) is 5.13 Å². The molecule has 6 nitrogen and oxygen atoms in total. The van der Waals surface area contributed by atoms with E-state index in [0.717, 1.165) is 12.8 Å². The van der Waals surface area contributed by atoms with Gasteiger partial charge in [-0.1, -0.05) is 11.3 Å². The zero-order chi connectivity index (χ0) is 14.7. The van der Waals surface area contributed by atoms with Crippen molar-refractivity contribution in [2.24, 2.45) is 0 Å². The molecule has 2 amide bonds. The molecule has 0 bridgehead atoms. The lowest BCUT2D eigenvalue weighted by atomic mass is 10.4. The Kier molecular flexibility index (Phi) is 4.72. The van der Waals surface area contributed by atoms with Crippen molar-refractivity contribution in [2.45, 2.75) is 32.7 Å². The standard InChI is InChI=1S/C13H19N3O3S/c1-8-11(12(18)15-10-4-5-10)20-13(14-8)16(9(2)17)6-7-19-3/h10H,4-7H2,1-3H3,(H,15,18). The molecule has 1 fully saturated rings. The topological polar surface area (TPSA) is 71.5 Å². The van der Waals surface area contributed by atoms with Crippen LogP contribution in [0.1, 0.15) is 35.1 Å². The fraction of sp³-hybridized carbons (Fsp3) is 0.615. The smallest absolute Gasteiger partial charge is 0.263 e. The number of amides is 2. The van der Waals surface area contributed by atoms with Gasteiger partial charge in [0.25, 0.3) is 5.91 Å². The third kappa shape index (κ3) is 3.55. The molecule has 1 aromatic heterocycles. The molecule has 1 heterocycles. The summed E-state index contributed by atoms with van der Waals surface area (Å²) >= 11 is 1.25. The SMILES string of the molecule is COCCN(C(C)=O)c1nc(C)c(C(=O)NC2CC2)s1. The van der Waals surface area contributed by atoms with Gasteiger partial charge in [0.15, 0.2) is 5.13 Å². The lowest BCUT2D eigenvalue weighted by Crippen LogP contribution is -2.31. The van der Waals surface area contributed by atoms with Crippen molar-refractivity contribution in [3.8, 4) is 0 Å². The summed E-state index contributed by atoms with van der Waals surface area (Å²) < 4.78 is 4.99. The number of hydrogen-bond donors (Lipinski definition) is 1. The van der Waals surface area contributed by atoms with Gasteiger partial charge in [0.05, 0.1) is 18.8 Å². The summed E-state index contributed by atoms with van der Waals surface area (Å²) in [6, 6.07) is 0.310. The minimum atomic E-state index is -0.107. The van der Waals surface area contributed by atoms with Gasteiger partial charge < -0.3 is 10.1 Å². The van der Waals surface area contributed by atoms with Crippen LogP contribution in [-0.4, -0.2) is 43.1 Å². The van der Waals surface area contributed by atoms with E-state index in [1.165, 1.54) is 23.2 Å². The van der Waals surface area contributed by atoms with Gasteiger partial charge in [0, 0.05) is 20.1 Å². The number of nitrogens with one attached hydrogen (secondary N) is 1. The molecule has 1 aromatic rings. The third-order valence-electron chi connectivity index (χ3n) is 3.03. The molecule has 0 aliphatic heterocycles. The molecule has 110 valence electrons. The maximum atomic E-state index is 12.1. The fourth-order valence-corrected chi connectivity index (χ4v) is 2.80. The normalized spacial score (nSPS) is 14.2. The van der Waals surface area contributed by atoms with E-state index in [2.05, 4.69) is 10.3 Å². The minimum absolute atomic E-state index is 0.0935. The summed E-state index contributed by atoms with van der Waals surface area (Å²) in [5.41, 5.74) is 0.659. The van der Waals surface area contributed by atoms with E-state index in [9.17, 15) is 9.59 Å². The maximum absolute atomic E-state index is 12.1. The number of anilines is 1. The first-order valence-electron chi connectivity index (χ1n) is 6.58. The Labute approximate surface area is 122 Å². The molecule has 2 rings (SSSR count). The number of thiazole rings is 1. The largest absolute Gasteiger partial charge is 0.383 e. The third-order valence-corrected chi connectivity index (χ3v) is 4.21. The van der Waals surface area contributed by atoms with Gasteiger partial charge in [-0.25, -0.2) is 4.98 Å². The molecule has 0 aromatic carbocycles. The van der Waals surface area contributed by atoms with Crippen molar-refractivity contribution in [1.29, 1.82) is 0 Å². The lowest BCUT2D eigenvalue weighted by molar-refractivity contribution is -0.116. The van der Waals surface area contributed by atoms with Crippen LogP contribution in [-0.2, 0) is 9.53 Å². The molecule has 0 unspecified atom stereocenters. The number of carbonyl (C=O) groups excluding carboxylic acids is 2. The van der Waals surface area contributed by atoms with Crippen LogP contribution in [0.25, 0.3) is 0 Å². The molecular formula is C13H19N3O3S. The summed E-state index contributed by atoms with van der Waals surface area (Å²) in [5, 5.41) is 3.49. The molecule has 0 spiro atoms. The molecular weight excluding hydrogens is 278 g/mol. The first kappa shape index (κ1) is 14.9. The second-order valence-corrected chi connectivity index (χ2v) is 5.80. The number of carbonyl (C=O) groups is 2. The van der Waals surface area contributed by atoms with Crippen molar-refractivity contribution in [3.05, 3.63) is 10.6 Å². The number of hydrogen-bond acceptors (Lipinski definition) is 5. The predicted molar refractivity (Wildman–Crippen MR) is 77.2 cm³/mol. The number of nitrogens with zero attached hydrogens (tertiary/aromatic N) is 2. The summed E-state index contributed by atoms with van der Waals surface area (Å²) in [5.74, 6) is -0.200. The number of aryl methyl sites for hydroxylation is 1. The Bertz CT molecular complexity index is 511. The Balaban J connectivity index is 2.14. The molecule has 1 aliphatic rings. The predicted octanol–water partition coefficient (Wildman–Crippen LogP) is 1.34. The maximum Gasteiger partial charge on any atom is 0.263 e. The molecule has 7 heteroatoms. The highest BCUT2D eigenvalue weighted by molar-refractivity contribution is 7.17. The molecule has 1 N–H and O–H groups in total. The van der Waals surface area contributed by atoms with Crippen molar-refractivity contribution in [1.82, 2.24) is 10.3 Å². The molecule has 20 heavy (non-hydrogen) atoms. The first-order valence-corrected chi connectivity index (χ1v) is 7.40. The summed E-state index contributed by atoms with van der Waals surface area (Å²) in [4.78, 5) is 30.2. The van der Waals surface area contributed by atoms with E-state index in [1.807, 2.05) is 0 Å². The quantitative estimate of drug-likeness (QED) is 0.860. The van der Waals surface area contributed by atoms with Gasteiger partial charge in [-0.15, -0.1) is 0 Å². The van der Waals surface area contributed by atoms with Crippen molar-refractivity contribution in [2.75, 3.05) is 25.2 Å². The number of methoxy groups -OCH3 is 1. The van der Waals surface area contributed by atoms with E-state index in [4.69, 9.17) is 4.74 Å². The number of aromatic nitrogens is 1. The van der Waals surface area contributed by atoms with Crippen LogP contribution in [0.3, 0.4) is 0 Å². The summed E-state index contributed by atoms with van der Waals surface area (Å²) in [7, 11) is 1.58. The highest BCUT2D eigenvalue weighted by atomic mass is 32.1. The summed E-state index contributed by atoms with van der Waals surface area (Å²) in [6.45, 7) is 4.14. The average molecular weight is 297 g/mol. The zero-order valence-electron chi connectivity index (χ0n) is 11.9. The Morgan fingerprint density at radius 3 is 2.75 bits per heavy atom. The Hall–Kier alpha value is -1.47. The zero-order valence-corrected chi connectivity index (χ0v) is 12.7. The van der Waals surface area contributed by atoms with Crippen LogP contribution in [0.2, 0.25) is 0 Å². The Morgan fingerprint density at radius 2 is 2.20 bits per heavy atom. The van der Waals surface area contributed by atoms with Crippen LogP contribution in [0.15, 0.2) is 0 Å². The van der Waals surface area contributed by atoms with Gasteiger partial charge in [-0.3, -0.25) is 14.5 Å². The molecule has 0 saturated heterocycles. The van der Waals surface area contributed by atoms with E-state index in [1.54, 1.807) is 14.0 Å². The highest BCUT2D eigenvalue weighted by Crippen LogP contribution is 2.27. The van der Waals surface area contributed by atoms with Gasteiger partial charge in [0.1, 0.15) is 4.88 Å². The Morgan fingerprint density at radius 1 is 1.50 bits per heavy atom. The van der Waals surface area contributed by atoms with Crippen LogP contribution in [0, 0.1) is 6.92 Å². The van der Waals surface area contributed by atoms with Crippen molar-refractivity contribution < 1.29 is 14.3 Å². The second-order valence-electron chi connectivity index (χ2n) is 4.82. The molecule has 1 saturated carbocycles. The van der Waals surface area contributed by atoms with E-state index < -0.39 is 0 Å². The lowest BCUT2D eigenvalue weighted by Gasteiger charge is -2.16. The minimum Gasteiger partial charge on any atom is -0.383 e. The van der Waals surface area contributed by atoms with Gasteiger partial charge >= 0.3 is 0 Å². The highest BCUT2D eigenvalue weighted by Gasteiger charge is 2.27. The number of ether oxygens (including phenoxy) is 1.